The fraction of sp³-hybridized carbons (Fsp3) is 0.500. The third-order valence-corrected chi connectivity index (χ3v) is 5.92. The highest BCUT2D eigenvalue weighted by molar-refractivity contribution is 5.94. The second kappa shape index (κ2) is 10.0. The summed E-state index contributed by atoms with van der Waals surface area (Å²) in [7, 11) is 0. The molecule has 0 radical (unpaired) electrons. The Kier molecular flexibility index (Phi) is 7.41. The van der Waals surface area contributed by atoms with Crippen molar-refractivity contribution in [3.63, 3.8) is 0 Å². The van der Waals surface area contributed by atoms with E-state index in [2.05, 4.69) is 44.7 Å². The summed E-state index contributed by atoms with van der Waals surface area (Å²) >= 11 is 0. The van der Waals surface area contributed by atoms with Crippen LogP contribution in [0.5, 0.6) is 5.75 Å². The SMILES string of the molecule is CC(C)CCN(CCC(C)C)c1ccc(C(=O)N2CCc3ccc(O)cc3C2)cc1. The summed E-state index contributed by atoms with van der Waals surface area (Å²) in [6, 6.07) is 13.6. The van der Waals surface area contributed by atoms with E-state index in [4.69, 9.17) is 0 Å². The van der Waals surface area contributed by atoms with Gasteiger partial charge in [-0.2, -0.15) is 0 Å². The Morgan fingerprint density at radius 3 is 2.20 bits per heavy atom. The number of phenols is 1. The van der Waals surface area contributed by atoms with Gasteiger partial charge in [0.15, 0.2) is 0 Å². The Morgan fingerprint density at radius 2 is 1.60 bits per heavy atom. The lowest BCUT2D eigenvalue weighted by molar-refractivity contribution is 0.0734. The standard InChI is InChI=1S/C26H36N2O2/c1-19(2)11-14-27(15-12-20(3)4)24-8-5-22(6-9-24)26(30)28-16-13-21-7-10-25(29)17-23(21)18-28/h5-10,17,19-20,29H,11-16,18H2,1-4H3. The summed E-state index contributed by atoms with van der Waals surface area (Å²) in [6.45, 7) is 12.4. The van der Waals surface area contributed by atoms with Gasteiger partial charge in [-0.15, -0.1) is 0 Å². The third kappa shape index (κ3) is 5.78. The average Bonchev–Trinajstić information content (AvgIpc) is 2.72. The summed E-state index contributed by atoms with van der Waals surface area (Å²) < 4.78 is 0. The van der Waals surface area contributed by atoms with Crippen LogP contribution in [0.25, 0.3) is 0 Å². The number of aromatic hydroxyl groups is 1. The number of nitrogens with zero attached hydrogens (tertiary/aromatic N) is 2. The Morgan fingerprint density at radius 1 is 0.967 bits per heavy atom. The van der Waals surface area contributed by atoms with E-state index >= 15 is 0 Å². The summed E-state index contributed by atoms with van der Waals surface area (Å²) in [5.74, 6) is 1.67. The van der Waals surface area contributed by atoms with Crippen molar-refractivity contribution in [1.29, 1.82) is 0 Å². The quantitative estimate of drug-likeness (QED) is 0.628. The highest BCUT2D eigenvalue weighted by Gasteiger charge is 2.22. The van der Waals surface area contributed by atoms with Gasteiger partial charge in [-0.25, -0.2) is 0 Å². The molecule has 1 heterocycles. The van der Waals surface area contributed by atoms with Crippen LogP contribution in [0.3, 0.4) is 0 Å². The molecule has 0 aliphatic carbocycles. The van der Waals surface area contributed by atoms with Gasteiger partial charge in [0.2, 0.25) is 0 Å². The lowest BCUT2D eigenvalue weighted by Gasteiger charge is -2.29. The molecule has 0 aromatic heterocycles. The lowest BCUT2D eigenvalue weighted by atomic mass is 9.99. The number of benzene rings is 2. The fourth-order valence-electron chi connectivity index (χ4n) is 3.91. The van der Waals surface area contributed by atoms with Crippen LogP contribution in [0.15, 0.2) is 42.5 Å². The van der Waals surface area contributed by atoms with Gasteiger partial charge in [-0.3, -0.25) is 4.79 Å². The van der Waals surface area contributed by atoms with Gasteiger partial charge in [0.1, 0.15) is 5.75 Å². The Balaban J connectivity index is 1.69. The third-order valence-electron chi connectivity index (χ3n) is 5.92. The number of anilines is 1. The van der Waals surface area contributed by atoms with Crippen molar-refractivity contribution in [2.75, 3.05) is 24.5 Å². The zero-order chi connectivity index (χ0) is 21.7. The molecule has 0 unspecified atom stereocenters. The second-order valence-corrected chi connectivity index (χ2v) is 9.33. The minimum atomic E-state index is 0.0615. The number of carbonyl (C=O) groups is 1. The minimum Gasteiger partial charge on any atom is -0.508 e. The first-order valence-corrected chi connectivity index (χ1v) is 11.3. The molecular weight excluding hydrogens is 372 g/mol. The maximum atomic E-state index is 13.1. The predicted molar refractivity (Wildman–Crippen MR) is 124 cm³/mol. The van der Waals surface area contributed by atoms with Crippen LogP contribution in [-0.4, -0.2) is 35.5 Å². The van der Waals surface area contributed by atoms with E-state index in [0.29, 0.717) is 24.9 Å². The smallest absolute Gasteiger partial charge is 0.254 e. The van der Waals surface area contributed by atoms with Gasteiger partial charge in [-0.1, -0.05) is 33.8 Å². The zero-order valence-corrected chi connectivity index (χ0v) is 18.9. The van der Waals surface area contributed by atoms with Gasteiger partial charge in [0.25, 0.3) is 5.91 Å². The number of carbonyl (C=O) groups excluding carboxylic acids is 1. The molecule has 1 amide bonds. The summed E-state index contributed by atoms with van der Waals surface area (Å²) in [4.78, 5) is 17.4. The average molecular weight is 409 g/mol. The topological polar surface area (TPSA) is 43.8 Å². The molecule has 4 heteroatoms. The Labute approximate surface area is 181 Å². The molecule has 2 aromatic rings. The number of phenolic OH excluding ortho intramolecular Hbond substituents is 1. The molecule has 3 rings (SSSR count). The van der Waals surface area contributed by atoms with E-state index in [1.165, 1.54) is 24.1 Å². The van der Waals surface area contributed by atoms with Crippen molar-refractivity contribution in [2.24, 2.45) is 11.8 Å². The van der Waals surface area contributed by atoms with Crippen LogP contribution in [0.4, 0.5) is 5.69 Å². The maximum absolute atomic E-state index is 13.1. The molecule has 0 atom stereocenters. The molecule has 1 aliphatic heterocycles. The molecule has 30 heavy (non-hydrogen) atoms. The minimum absolute atomic E-state index is 0.0615. The summed E-state index contributed by atoms with van der Waals surface area (Å²) in [5, 5.41) is 9.76. The van der Waals surface area contributed by atoms with Gasteiger partial charge in [-0.05, 0) is 78.6 Å². The zero-order valence-electron chi connectivity index (χ0n) is 18.9. The van der Waals surface area contributed by atoms with Crippen LogP contribution in [-0.2, 0) is 13.0 Å². The van der Waals surface area contributed by atoms with Crippen molar-refractivity contribution in [1.82, 2.24) is 4.90 Å². The summed E-state index contributed by atoms with van der Waals surface area (Å²) in [6.07, 6.45) is 3.16. The molecule has 4 nitrogen and oxygen atoms in total. The van der Waals surface area contributed by atoms with E-state index in [1.54, 1.807) is 12.1 Å². The van der Waals surface area contributed by atoms with Crippen LogP contribution in [0, 0.1) is 11.8 Å². The molecule has 1 aliphatic rings. The van der Waals surface area contributed by atoms with E-state index in [9.17, 15) is 9.90 Å². The van der Waals surface area contributed by atoms with Crippen molar-refractivity contribution in [3.05, 3.63) is 59.2 Å². The van der Waals surface area contributed by atoms with Crippen molar-refractivity contribution in [3.8, 4) is 5.75 Å². The van der Waals surface area contributed by atoms with Gasteiger partial charge in [0, 0.05) is 37.4 Å². The monoisotopic (exact) mass is 408 g/mol. The normalized spacial score (nSPS) is 13.6. The maximum Gasteiger partial charge on any atom is 0.254 e. The van der Waals surface area contributed by atoms with Crippen molar-refractivity contribution in [2.45, 2.75) is 53.5 Å². The van der Waals surface area contributed by atoms with Crippen molar-refractivity contribution < 1.29 is 9.90 Å². The van der Waals surface area contributed by atoms with Crippen molar-refractivity contribution >= 4 is 11.6 Å². The summed E-state index contributed by atoms with van der Waals surface area (Å²) in [5.41, 5.74) is 4.19. The first-order chi connectivity index (χ1) is 14.3. The largest absolute Gasteiger partial charge is 0.508 e. The molecule has 0 spiro atoms. The van der Waals surface area contributed by atoms with E-state index in [-0.39, 0.29) is 11.7 Å². The van der Waals surface area contributed by atoms with Crippen LogP contribution in [0.2, 0.25) is 0 Å². The van der Waals surface area contributed by atoms with E-state index < -0.39 is 0 Å². The fourth-order valence-corrected chi connectivity index (χ4v) is 3.91. The van der Waals surface area contributed by atoms with Crippen LogP contribution < -0.4 is 4.90 Å². The molecular formula is C26H36N2O2. The molecule has 0 saturated carbocycles. The molecule has 0 bridgehead atoms. The number of amides is 1. The lowest BCUT2D eigenvalue weighted by Crippen LogP contribution is -2.36. The number of hydrogen-bond donors (Lipinski definition) is 1. The van der Waals surface area contributed by atoms with Crippen LogP contribution in [0.1, 0.15) is 62.0 Å². The first-order valence-electron chi connectivity index (χ1n) is 11.3. The van der Waals surface area contributed by atoms with Gasteiger partial charge < -0.3 is 14.9 Å². The predicted octanol–water partition coefficient (Wildman–Crippen LogP) is 5.49. The highest BCUT2D eigenvalue weighted by atomic mass is 16.3. The Hall–Kier alpha value is -2.49. The molecule has 2 aromatic carbocycles. The van der Waals surface area contributed by atoms with E-state index in [1.807, 2.05) is 23.1 Å². The second-order valence-electron chi connectivity index (χ2n) is 9.33. The number of rotatable bonds is 8. The first kappa shape index (κ1) is 22.2. The molecule has 0 fully saturated rings. The van der Waals surface area contributed by atoms with Gasteiger partial charge in [0.05, 0.1) is 0 Å². The van der Waals surface area contributed by atoms with E-state index in [0.717, 1.165) is 30.6 Å². The Bertz CT molecular complexity index is 831. The molecule has 0 saturated heterocycles. The number of hydrogen-bond acceptors (Lipinski definition) is 3. The van der Waals surface area contributed by atoms with Gasteiger partial charge >= 0.3 is 0 Å². The van der Waals surface area contributed by atoms with Crippen LogP contribution >= 0.6 is 0 Å². The highest BCUT2D eigenvalue weighted by Crippen LogP contribution is 2.25. The molecule has 162 valence electrons. The molecule has 1 N–H and O–H groups in total. The number of fused-ring (bicyclic) bond motifs is 1.